The summed E-state index contributed by atoms with van der Waals surface area (Å²) in [5, 5.41) is 1.21. The lowest BCUT2D eigenvalue weighted by molar-refractivity contribution is 0.491. The second kappa shape index (κ2) is 4.19. The summed E-state index contributed by atoms with van der Waals surface area (Å²) in [7, 11) is 0. The van der Waals surface area contributed by atoms with Crippen LogP contribution in [0, 0.1) is 12.8 Å². The van der Waals surface area contributed by atoms with Gasteiger partial charge in [-0.3, -0.25) is 0 Å². The van der Waals surface area contributed by atoms with E-state index in [0.717, 1.165) is 30.1 Å². The topological polar surface area (TPSA) is 39.2 Å². The first-order valence-corrected chi connectivity index (χ1v) is 6.47. The number of aryl methyl sites for hydroxylation is 2. The number of nitrogens with two attached hydrogens (primary N) is 1. The molecule has 0 aliphatic heterocycles. The molecule has 2 nitrogen and oxygen atoms in total. The van der Waals surface area contributed by atoms with Crippen LogP contribution in [-0.2, 0) is 6.42 Å². The van der Waals surface area contributed by atoms with Crippen molar-refractivity contribution in [1.82, 2.24) is 0 Å². The van der Waals surface area contributed by atoms with E-state index in [4.69, 9.17) is 10.2 Å². The van der Waals surface area contributed by atoms with Gasteiger partial charge in [-0.05, 0) is 50.3 Å². The average molecular weight is 229 g/mol. The van der Waals surface area contributed by atoms with Gasteiger partial charge in [-0.25, -0.2) is 0 Å². The third kappa shape index (κ3) is 2.37. The first kappa shape index (κ1) is 10.8. The Labute approximate surface area is 102 Å². The number of hydrogen-bond acceptors (Lipinski definition) is 2. The van der Waals surface area contributed by atoms with Crippen molar-refractivity contribution >= 4 is 11.0 Å². The molecule has 1 heterocycles. The molecule has 1 aromatic carbocycles. The summed E-state index contributed by atoms with van der Waals surface area (Å²) in [4.78, 5) is 0. The molecular weight excluding hydrogens is 210 g/mol. The fraction of sp³-hybridized carbons (Fsp3) is 0.467. The van der Waals surface area contributed by atoms with Gasteiger partial charge in [0, 0.05) is 17.8 Å². The molecular formula is C15H19NO. The summed E-state index contributed by atoms with van der Waals surface area (Å²) in [5.74, 6) is 1.85. The Hall–Kier alpha value is -1.28. The molecule has 1 saturated carbocycles. The molecule has 0 bridgehead atoms. The van der Waals surface area contributed by atoms with E-state index in [2.05, 4.69) is 31.2 Å². The van der Waals surface area contributed by atoms with Gasteiger partial charge < -0.3 is 10.2 Å². The molecule has 0 spiro atoms. The third-order valence-corrected chi connectivity index (χ3v) is 3.67. The Morgan fingerprint density at radius 3 is 2.94 bits per heavy atom. The largest absolute Gasteiger partial charge is 0.461 e. The zero-order chi connectivity index (χ0) is 11.8. The Kier molecular flexibility index (Phi) is 2.67. The summed E-state index contributed by atoms with van der Waals surface area (Å²) in [6.45, 7) is 2.11. The van der Waals surface area contributed by atoms with Crippen LogP contribution in [0.2, 0.25) is 0 Å². The highest BCUT2D eigenvalue weighted by Gasteiger charge is 2.28. The lowest BCUT2D eigenvalue weighted by Gasteiger charge is -2.07. The summed E-state index contributed by atoms with van der Waals surface area (Å²) in [6, 6.07) is 8.83. The quantitative estimate of drug-likeness (QED) is 0.872. The zero-order valence-electron chi connectivity index (χ0n) is 10.3. The van der Waals surface area contributed by atoms with Gasteiger partial charge >= 0.3 is 0 Å². The molecule has 1 unspecified atom stereocenters. The van der Waals surface area contributed by atoms with Gasteiger partial charge in [0.05, 0.1) is 0 Å². The molecule has 1 fully saturated rings. The first-order valence-electron chi connectivity index (χ1n) is 6.47. The van der Waals surface area contributed by atoms with Crippen molar-refractivity contribution in [1.29, 1.82) is 0 Å². The molecule has 90 valence electrons. The van der Waals surface area contributed by atoms with Crippen molar-refractivity contribution in [3.63, 3.8) is 0 Å². The van der Waals surface area contributed by atoms with E-state index in [1.807, 2.05) is 0 Å². The Bertz CT molecular complexity index is 525. The maximum Gasteiger partial charge on any atom is 0.134 e. The molecule has 1 aliphatic rings. The summed E-state index contributed by atoms with van der Waals surface area (Å²) in [5.41, 5.74) is 8.37. The van der Waals surface area contributed by atoms with Crippen molar-refractivity contribution in [3.05, 3.63) is 35.6 Å². The predicted octanol–water partition coefficient (Wildman–Crippen LogP) is 3.41. The van der Waals surface area contributed by atoms with Gasteiger partial charge in [0.2, 0.25) is 0 Å². The minimum Gasteiger partial charge on any atom is -0.461 e. The van der Waals surface area contributed by atoms with E-state index in [9.17, 15) is 0 Å². The Balaban J connectivity index is 1.72. The van der Waals surface area contributed by atoms with Crippen molar-refractivity contribution in [2.24, 2.45) is 11.7 Å². The monoisotopic (exact) mass is 229 g/mol. The fourth-order valence-corrected chi connectivity index (χ4v) is 2.41. The summed E-state index contributed by atoms with van der Waals surface area (Å²) < 4.78 is 5.82. The average Bonchev–Trinajstić information content (AvgIpc) is 3.07. The summed E-state index contributed by atoms with van der Waals surface area (Å²) >= 11 is 0. The second-order valence-corrected chi connectivity index (χ2v) is 5.29. The van der Waals surface area contributed by atoms with Crippen LogP contribution in [0.4, 0.5) is 0 Å². The molecule has 0 radical (unpaired) electrons. The van der Waals surface area contributed by atoms with Crippen LogP contribution in [0.15, 0.2) is 28.7 Å². The van der Waals surface area contributed by atoms with E-state index in [1.54, 1.807) is 0 Å². The lowest BCUT2D eigenvalue weighted by Crippen LogP contribution is -2.22. The molecule has 3 rings (SSSR count). The zero-order valence-corrected chi connectivity index (χ0v) is 10.3. The van der Waals surface area contributed by atoms with Gasteiger partial charge in [-0.1, -0.05) is 11.6 Å². The molecule has 0 saturated heterocycles. The van der Waals surface area contributed by atoms with E-state index < -0.39 is 0 Å². The standard InChI is InChI=1S/C15H19NO/c1-10-2-7-15-12(8-10)9-13(17-15)5-6-14(16)11-3-4-11/h2,7-9,11,14H,3-6,16H2,1H3. The normalized spacial score (nSPS) is 17.5. The molecule has 2 heteroatoms. The number of furan rings is 1. The molecule has 17 heavy (non-hydrogen) atoms. The maximum atomic E-state index is 6.10. The maximum absolute atomic E-state index is 6.10. The highest BCUT2D eigenvalue weighted by molar-refractivity contribution is 5.78. The molecule has 0 amide bonds. The third-order valence-electron chi connectivity index (χ3n) is 3.67. The van der Waals surface area contributed by atoms with Crippen LogP contribution >= 0.6 is 0 Å². The van der Waals surface area contributed by atoms with E-state index in [-0.39, 0.29) is 0 Å². The van der Waals surface area contributed by atoms with Crippen LogP contribution in [0.5, 0.6) is 0 Å². The van der Waals surface area contributed by atoms with E-state index in [0.29, 0.717) is 6.04 Å². The van der Waals surface area contributed by atoms with Crippen molar-refractivity contribution < 1.29 is 4.42 Å². The molecule has 1 atom stereocenters. The van der Waals surface area contributed by atoms with E-state index >= 15 is 0 Å². The van der Waals surface area contributed by atoms with Gasteiger partial charge in [0.15, 0.2) is 0 Å². The van der Waals surface area contributed by atoms with Crippen LogP contribution in [-0.4, -0.2) is 6.04 Å². The van der Waals surface area contributed by atoms with Crippen LogP contribution in [0.1, 0.15) is 30.6 Å². The SMILES string of the molecule is Cc1ccc2oc(CCC(N)C3CC3)cc2c1. The van der Waals surface area contributed by atoms with Crippen LogP contribution in [0.25, 0.3) is 11.0 Å². The highest BCUT2D eigenvalue weighted by atomic mass is 16.3. The predicted molar refractivity (Wildman–Crippen MR) is 70.0 cm³/mol. The van der Waals surface area contributed by atoms with Gasteiger partial charge in [-0.15, -0.1) is 0 Å². The van der Waals surface area contributed by atoms with Gasteiger partial charge in [0.1, 0.15) is 11.3 Å². The van der Waals surface area contributed by atoms with Gasteiger partial charge in [-0.2, -0.15) is 0 Å². The number of hydrogen-bond donors (Lipinski definition) is 1. The second-order valence-electron chi connectivity index (χ2n) is 5.29. The number of fused-ring (bicyclic) bond motifs is 1. The molecule has 2 aromatic rings. The van der Waals surface area contributed by atoms with E-state index in [1.165, 1.54) is 23.8 Å². The molecule has 1 aromatic heterocycles. The Morgan fingerprint density at radius 2 is 2.18 bits per heavy atom. The lowest BCUT2D eigenvalue weighted by atomic mass is 10.1. The Morgan fingerprint density at radius 1 is 1.35 bits per heavy atom. The number of rotatable bonds is 4. The van der Waals surface area contributed by atoms with Crippen molar-refractivity contribution in [2.75, 3.05) is 0 Å². The number of benzene rings is 1. The van der Waals surface area contributed by atoms with Crippen LogP contribution < -0.4 is 5.73 Å². The van der Waals surface area contributed by atoms with Crippen LogP contribution in [0.3, 0.4) is 0 Å². The highest BCUT2D eigenvalue weighted by Crippen LogP contribution is 2.33. The van der Waals surface area contributed by atoms with Crippen molar-refractivity contribution in [3.8, 4) is 0 Å². The molecule has 1 aliphatic carbocycles. The summed E-state index contributed by atoms with van der Waals surface area (Å²) in [6.07, 6.45) is 4.65. The fourth-order valence-electron chi connectivity index (χ4n) is 2.41. The van der Waals surface area contributed by atoms with Crippen molar-refractivity contribution in [2.45, 2.75) is 38.6 Å². The smallest absolute Gasteiger partial charge is 0.134 e. The minimum atomic E-state index is 0.366. The minimum absolute atomic E-state index is 0.366. The molecule has 2 N–H and O–H groups in total. The first-order chi connectivity index (χ1) is 8.22. The van der Waals surface area contributed by atoms with Gasteiger partial charge in [0.25, 0.3) is 0 Å².